The number of fused-ring (bicyclic) bond motifs is 4. The number of ether oxygens (including phenoxy) is 2. The summed E-state index contributed by atoms with van der Waals surface area (Å²) in [6.07, 6.45) is 6.96. The molecule has 0 aromatic rings. The molecule has 6 nitrogen and oxygen atoms in total. The van der Waals surface area contributed by atoms with Crippen LogP contribution in [0.4, 0.5) is 0 Å². The van der Waals surface area contributed by atoms with E-state index in [1.807, 2.05) is 6.92 Å². The maximum atomic E-state index is 10.2. The predicted molar refractivity (Wildman–Crippen MR) is 81.7 cm³/mol. The van der Waals surface area contributed by atoms with Crippen LogP contribution in [0.2, 0.25) is 0 Å². The number of amidine groups is 1. The van der Waals surface area contributed by atoms with Gasteiger partial charge in [-0.15, -0.1) is 0 Å². The quantitative estimate of drug-likeness (QED) is 0.738. The molecule has 122 valence electrons. The van der Waals surface area contributed by atoms with Crippen molar-refractivity contribution in [3.05, 3.63) is 0 Å². The lowest BCUT2D eigenvalue weighted by molar-refractivity contribution is -0.201. The summed E-state index contributed by atoms with van der Waals surface area (Å²) < 4.78 is 11.9. The Morgan fingerprint density at radius 3 is 2.30 bits per heavy atom. The molecule has 0 bridgehead atoms. The van der Waals surface area contributed by atoms with E-state index in [1.165, 1.54) is 6.42 Å². The molecule has 4 atom stereocenters. The van der Waals surface area contributed by atoms with Crippen LogP contribution in [0.5, 0.6) is 0 Å². The molecule has 4 rings (SSSR count). The Morgan fingerprint density at radius 2 is 1.78 bits per heavy atom. The molecule has 1 saturated heterocycles. The highest BCUT2D eigenvalue weighted by Crippen LogP contribution is 2.88. The molecule has 2 saturated carbocycles. The molecule has 2 aliphatic heterocycles. The average Bonchev–Trinajstić information content (AvgIpc) is 2.69. The van der Waals surface area contributed by atoms with Crippen molar-refractivity contribution in [2.75, 3.05) is 6.61 Å². The molecule has 0 amide bonds. The summed E-state index contributed by atoms with van der Waals surface area (Å²) in [6, 6.07) is 4.82. The van der Waals surface area contributed by atoms with Crippen LogP contribution in [-0.4, -0.2) is 24.5 Å². The zero-order valence-corrected chi connectivity index (χ0v) is 13.5. The topological polar surface area (TPSA) is 104 Å². The van der Waals surface area contributed by atoms with Gasteiger partial charge in [-0.2, -0.15) is 10.5 Å². The van der Waals surface area contributed by atoms with Crippen molar-refractivity contribution in [3.63, 3.8) is 0 Å². The van der Waals surface area contributed by atoms with Gasteiger partial charge in [0.15, 0.2) is 5.41 Å². The zero-order chi connectivity index (χ0) is 16.3. The first-order valence-electron chi connectivity index (χ1n) is 8.56. The summed E-state index contributed by atoms with van der Waals surface area (Å²) in [5, 5.41) is 20.2. The lowest BCUT2D eigenvalue weighted by Gasteiger charge is -2.32. The Bertz CT molecular complexity index is 654. The second kappa shape index (κ2) is 4.47. The molecule has 23 heavy (non-hydrogen) atoms. The molecule has 0 aromatic carbocycles. The third-order valence-corrected chi connectivity index (χ3v) is 6.48. The van der Waals surface area contributed by atoms with Crippen LogP contribution >= 0.6 is 0 Å². The fraction of sp³-hybridized carbons (Fsp3) is 0.824. The molecule has 3 fully saturated rings. The van der Waals surface area contributed by atoms with Gasteiger partial charge in [0.25, 0.3) is 5.91 Å². The van der Waals surface area contributed by atoms with E-state index >= 15 is 0 Å². The van der Waals surface area contributed by atoms with Crippen LogP contribution in [0.15, 0.2) is 4.99 Å². The first-order valence-corrected chi connectivity index (χ1v) is 8.56. The molecule has 2 heterocycles. The number of nitrogens with two attached hydrogens (primary N) is 1. The summed E-state index contributed by atoms with van der Waals surface area (Å²) in [5.41, 5.74) is 3.59. The minimum absolute atomic E-state index is 0.155. The van der Waals surface area contributed by atoms with Crippen molar-refractivity contribution in [2.24, 2.45) is 27.0 Å². The number of hydrogen-bond donors (Lipinski definition) is 1. The summed E-state index contributed by atoms with van der Waals surface area (Å²) in [4.78, 5) is 4.40. The Balaban J connectivity index is 1.88. The molecule has 0 aromatic heterocycles. The Labute approximate surface area is 136 Å². The minimum atomic E-state index is -1.39. The highest BCUT2D eigenvalue weighted by molar-refractivity contribution is 6.00. The SMILES string of the molecule is C[C@H]1CO[C@]2(N=C(N)[C@@]3(C#N)C4(CCCCCCC4)[C@@]23C#N)O1. The number of nitrogens with zero attached hydrogens (tertiary/aromatic N) is 3. The fourth-order valence-electron chi connectivity index (χ4n) is 5.59. The predicted octanol–water partition coefficient (Wildman–Crippen LogP) is 2.21. The van der Waals surface area contributed by atoms with Gasteiger partial charge < -0.3 is 15.2 Å². The fourth-order valence-corrected chi connectivity index (χ4v) is 5.59. The van der Waals surface area contributed by atoms with E-state index in [0.29, 0.717) is 6.61 Å². The van der Waals surface area contributed by atoms with Gasteiger partial charge in [-0.1, -0.05) is 32.1 Å². The van der Waals surface area contributed by atoms with Crippen LogP contribution in [-0.2, 0) is 9.47 Å². The molecule has 0 radical (unpaired) electrons. The first kappa shape index (κ1) is 14.9. The lowest BCUT2D eigenvalue weighted by atomic mass is 9.78. The van der Waals surface area contributed by atoms with Crippen LogP contribution in [0, 0.1) is 38.9 Å². The van der Waals surface area contributed by atoms with Crippen LogP contribution in [0.1, 0.15) is 51.9 Å². The van der Waals surface area contributed by atoms with Crippen molar-refractivity contribution in [2.45, 2.75) is 63.9 Å². The largest absolute Gasteiger partial charge is 0.386 e. The molecule has 6 heteroatoms. The van der Waals surface area contributed by atoms with Gasteiger partial charge in [0.2, 0.25) is 0 Å². The smallest absolute Gasteiger partial charge is 0.293 e. The second-order valence-corrected chi connectivity index (χ2v) is 7.39. The Hall–Kier alpha value is -1.63. The van der Waals surface area contributed by atoms with Crippen molar-refractivity contribution in [1.82, 2.24) is 0 Å². The molecular weight excluding hydrogens is 292 g/mol. The monoisotopic (exact) mass is 314 g/mol. The van der Waals surface area contributed by atoms with E-state index < -0.39 is 22.2 Å². The molecule has 2 spiro atoms. The van der Waals surface area contributed by atoms with Crippen LogP contribution in [0.25, 0.3) is 0 Å². The minimum Gasteiger partial charge on any atom is -0.386 e. The summed E-state index contributed by atoms with van der Waals surface area (Å²) >= 11 is 0. The van der Waals surface area contributed by atoms with Gasteiger partial charge in [-0.05, 0) is 19.8 Å². The van der Waals surface area contributed by atoms with Crippen LogP contribution in [0.3, 0.4) is 0 Å². The molecule has 2 aliphatic carbocycles. The molecule has 2 N–H and O–H groups in total. The molecule has 0 unspecified atom stereocenters. The van der Waals surface area contributed by atoms with E-state index in [2.05, 4.69) is 17.1 Å². The van der Waals surface area contributed by atoms with Gasteiger partial charge in [-0.25, -0.2) is 4.99 Å². The van der Waals surface area contributed by atoms with E-state index in [1.54, 1.807) is 0 Å². The number of nitriles is 2. The number of rotatable bonds is 0. The van der Waals surface area contributed by atoms with Gasteiger partial charge in [-0.3, -0.25) is 0 Å². The van der Waals surface area contributed by atoms with Crippen molar-refractivity contribution in [3.8, 4) is 12.1 Å². The standard InChI is InChI=1S/C17H22N4O2/c1-12-9-22-17(23-12)16(11-19)14(7-5-3-2-4-6-8-14)15(16,10-18)13(20)21-17/h12H,2-9H2,1H3,(H2,20,21)/t12-,15-,16+,17-/m0/s1. The van der Waals surface area contributed by atoms with E-state index in [0.717, 1.165) is 38.5 Å². The number of aliphatic imine (C=N–C) groups is 1. The maximum Gasteiger partial charge on any atom is 0.293 e. The van der Waals surface area contributed by atoms with Gasteiger partial charge in [0, 0.05) is 5.41 Å². The number of hydrogen-bond acceptors (Lipinski definition) is 6. The summed E-state index contributed by atoms with van der Waals surface area (Å²) in [5.74, 6) is -1.16. The van der Waals surface area contributed by atoms with E-state index in [4.69, 9.17) is 15.2 Å². The van der Waals surface area contributed by atoms with E-state index in [9.17, 15) is 10.5 Å². The third-order valence-electron chi connectivity index (χ3n) is 6.48. The highest BCUT2D eigenvalue weighted by atomic mass is 16.8. The van der Waals surface area contributed by atoms with Gasteiger partial charge in [0.1, 0.15) is 11.3 Å². The van der Waals surface area contributed by atoms with Gasteiger partial charge >= 0.3 is 0 Å². The zero-order valence-electron chi connectivity index (χ0n) is 13.5. The molecular formula is C17H22N4O2. The second-order valence-electron chi connectivity index (χ2n) is 7.39. The van der Waals surface area contributed by atoms with Gasteiger partial charge in [0.05, 0.1) is 24.8 Å². The third kappa shape index (κ3) is 1.31. The summed E-state index contributed by atoms with van der Waals surface area (Å²) in [7, 11) is 0. The normalized spacial score (nSPS) is 47.3. The van der Waals surface area contributed by atoms with Crippen molar-refractivity contribution >= 4 is 5.84 Å². The summed E-state index contributed by atoms with van der Waals surface area (Å²) in [6.45, 7) is 2.27. The first-order chi connectivity index (χ1) is 11.1. The Kier molecular flexibility index (Phi) is 2.90. The lowest BCUT2D eigenvalue weighted by Crippen LogP contribution is -2.42. The van der Waals surface area contributed by atoms with Crippen molar-refractivity contribution < 1.29 is 9.47 Å². The highest BCUT2D eigenvalue weighted by Gasteiger charge is 3.00. The van der Waals surface area contributed by atoms with Crippen LogP contribution < -0.4 is 5.73 Å². The van der Waals surface area contributed by atoms with Crippen molar-refractivity contribution in [1.29, 1.82) is 10.5 Å². The Morgan fingerprint density at radius 1 is 1.13 bits per heavy atom. The van der Waals surface area contributed by atoms with E-state index in [-0.39, 0.29) is 11.9 Å². The molecule has 4 aliphatic rings. The maximum absolute atomic E-state index is 10.2. The average molecular weight is 314 g/mol.